The molecule has 1 aliphatic rings. The maximum atomic E-state index is 12.9. The molecule has 0 saturated carbocycles. The van der Waals surface area contributed by atoms with Crippen molar-refractivity contribution in [1.82, 2.24) is 0 Å². The average molecular weight is 496 g/mol. The van der Waals surface area contributed by atoms with Gasteiger partial charge in [0.05, 0.1) is 15.6 Å². The van der Waals surface area contributed by atoms with Gasteiger partial charge in [0.1, 0.15) is 24.7 Å². The van der Waals surface area contributed by atoms with Crippen molar-refractivity contribution in [2.75, 3.05) is 18.1 Å². The highest BCUT2D eigenvalue weighted by Gasteiger charge is 2.33. The topological polar surface area (TPSA) is 38.8 Å². The van der Waals surface area contributed by atoms with E-state index in [1.54, 1.807) is 23.1 Å². The Kier molecular flexibility index (Phi) is 7.38. The Hall–Kier alpha value is -2.80. The van der Waals surface area contributed by atoms with E-state index < -0.39 is 0 Å². The molecule has 1 aliphatic heterocycles. The van der Waals surface area contributed by atoms with Gasteiger partial charge < -0.3 is 9.47 Å². The molecule has 0 spiro atoms. The number of rotatable bonds is 7. The maximum Gasteiger partial charge on any atom is 0.270 e. The second-order valence-corrected chi connectivity index (χ2v) is 9.57. The largest absolute Gasteiger partial charge is 0.490 e. The third kappa shape index (κ3) is 5.58. The number of hydrogen-bond donors (Lipinski definition) is 0. The van der Waals surface area contributed by atoms with Crippen LogP contribution in [0.3, 0.4) is 0 Å². The fraction of sp³-hybridized carbons (Fsp3) is 0.154. The lowest BCUT2D eigenvalue weighted by Gasteiger charge is -2.13. The molecular formula is C26H22ClNO3S2. The van der Waals surface area contributed by atoms with E-state index >= 15 is 0 Å². The van der Waals surface area contributed by atoms with E-state index in [1.165, 1.54) is 22.9 Å². The van der Waals surface area contributed by atoms with Crippen LogP contribution in [0.2, 0.25) is 5.02 Å². The molecule has 0 N–H and O–H groups in total. The van der Waals surface area contributed by atoms with Gasteiger partial charge in [-0.05, 0) is 73.0 Å². The quantitative estimate of drug-likeness (QED) is 0.204. The van der Waals surface area contributed by atoms with Gasteiger partial charge in [-0.1, -0.05) is 65.9 Å². The number of aryl methyl sites for hydroxylation is 2. The summed E-state index contributed by atoms with van der Waals surface area (Å²) in [6.45, 7) is 4.89. The Morgan fingerprint density at radius 3 is 2.45 bits per heavy atom. The van der Waals surface area contributed by atoms with Crippen molar-refractivity contribution in [3.8, 4) is 11.5 Å². The molecule has 1 fully saturated rings. The Morgan fingerprint density at radius 2 is 1.73 bits per heavy atom. The number of carbonyl (C=O) groups excluding carboxylic acids is 1. The molecule has 1 amide bonds. The van der Waals surface area contributed by atoms with Crippen LogP contribution in [0.25, 0.3) is 6.08 Å². The second kappa shape index (κ2) is 10.4. The van der Waals surface area contributed by atoms with Gasteiger partial charge in [-0.3, -0.25) is 9.69 Å². The zero-order chi connectivity index (χ0) is 23.4. The molecule has 0 unspecified atom stereocenters. The highest BCUT2D eigenvalue weighted by Crippen LogP contribution is 2.36. The van der Waals surface area contributed by atoms with Gasteiger partial charge in [-0.2, -0.15) is 0 Å². The second-order valence-electron chi connectivity index (χ2n) is 7.49. The Labute approximate surface area is 208 Å². The smallest absolute Gasteiger partial charge is 0.270 e. The summed E-state index contributed by atoms with van der Waals surface area (Å²) in [6.07, 6.45) is 1.79. The first-order valence-corrected chi connectivity index (χ1v) is 12.0. The Balaban J connectivity index is 1.37. The lowest BCUT2D eigenvalue weighted by Crippen LogP contribution is -2.27. The zero-order valence-corrected chi connectivity index (χ0v) is 20.6. The number of para-hydroxylation sites is 1. The minimum Gasteiger partial charge on any atom is -0.490 e. The van der Waals surface area contributed by atoms with Gasteiger partial charge in [0, 0.05) is 0 Å². The van der Waals surface area contributed by atoms with Crippen molar-refractivity contribution in [1.29, 1.82) is 0 Å². The number of thioether (sulfide) groups is 1. The van der Waals surface area contributed by atoms with Crippen molar-refractivity contribution in [3.05, 3.63) is 93.3 Å². The van der Waals surface area contributed by atoms with Crippen LogP contribution < -0.4 is 14.4 Å². The van der Waals surface area contributed by atoms with E-state index in [9.17, 15) is 4.79 Å². The van der Waals surface area contributed by atoms with Crippen LogP contribution in [0, 0.1) is 13.8 Å². The number of anilines is 1. The van der Waals surface area contributed by atoms with Gasteiger partial charge in [-0.15, -0.1) is 0 Å². The molecule has 1 saturated heterocycles. The molecule has 1 heterocycles. The fourth-order valence-electron chi connectivity index (χ4n) is 3.26. The van der Waals surface area contributed by atoms with Crippen LogP contribution >= 0.6 is 35.6 Å². The summed E-state index contributed by atoms with van der Waals surface area (Å²) < 4.78 is 12.0. The molecule has 168 valence electrons. The fourth-order valence-corrected chi connectivity index (χ4v) is 4.80. The summed E-state index contributed by atoms with van der Waals surface area (Å²) in [5.74, 6) is 1.24. The molecule has 0 radical (unpaired) electrons. The van der Waals surface area contributed by atoms with Gasteiger partial charge in [0.15, 0.2) is 4.32 Å². The van der Waals surface area contributed by atoms with E-state index in [2.05, 4.69) is 13.8 Å². The van der Waals surface area contributed by atoms with Gasteiger partial charge >= 0.3 is 0 Å². The van der Waals surface area contributed by atoms with Crippen LogP contribution in [-0.4, -0.2) is 23.4 Å². The zero-order valence-electron chi connectivity index (χ0n) is 18.2. The molecule has 0 atom stereocenters. The van der Waals surface area contributed by atoms with Crippen molar-refractivity contribution >= 4 is 57.6 Å². The Morgan fingerprint density at radius 1 is 0.970 bits per heavy atom. The van der Waals surface area contributed by atoms with Crippen molar-refractivity contribution in [2.45, 2.75) is 13.8 Å². The van der Waals surface area contributed by atoms with Crippen molar-refractivity contribution < 1.29 is 14.3 Å². The summed E-state index contributed by atoms with van der Waals surface area (Å²) in [4.78, 5) is 15.0. The summed E-state index contributed by atoms with van der Waals surface area (Å²) >= 11 is 13.1. The maximum absolute atomic E-state index is 12.9. The minimum atomic E-state index is -0.142. The number of carbonyl (C=O) groups is 1. The predicted octanol–water partition coefficient (Wildman–Crippen LogP) is 6.82. The van der Waals surface area contributed by atoms with E-state index in [0.29, 0.717) is 33.2 Å². The third-order valence-corrected chi connectivity index (χ3v) is 6.75. The predicted molar refractivity (Wildman–Crippen MR) is 140 cm³/mol. The summed E-state index contributed by atoms with van der Waals surface area (Å²) in [7, 11) is 0. The normalized spacial score (nSPS) is 14.8. The minimum absolute atomic E-state index is 0.142. The molecule has 7 heteroatoms. The van der Waals surface area contributed by atoms with E-state index in [1.807, 2.05) is 54.6 Å². The standard InChI is InChI=1S/C26H22ClNO3S2/c1-17-8-10-21(14-18(17)2)30-12-13-31-23-11-9-19(15-22(23)27)16-24-25(29)28(26(32)33-24)20-6-4-3-5-7-20/h3-11,14-16H,12-13H2,1-2H3. The number of ether oxygens (including phenoxy) is 2. The van der Waals surface area contributed by atoms with Gasteiger partial charge in [-0.25, -0.2) is 0 Å². The summed E-state index contributed by atoms with van der Waals surface area (Å²) in [6, 6.07) is 20.8. The van der Waals surface area contributed by atoms with E-state index in [0.717, 1.165) is 17.0 Å². The molecule has 0 bridgehead atoms. The Bertz CT molecular complexity index is 1230. The molecule has 33 heavy (non-hydrogen) atoms. The molecular weight excluding hydrogens is 474 g/mol. The third-order valence-electron chi connectivity index (χ3n) is 5.15. The SMILES string of the molecule is Cc1ccc(OCCOc2ccc(C=C3SC(=S)N(c4ccccc4)C3=O)cc2Cl)cc1C. The number of amides is 1. The first-order valence-electron chi connectivity index (χ1n) is 10.4. The van der Waals surface area contributed by atoms with Crippen LogP contribution in [-0.2, 0) is 4.79 Å². The molecule has 0 aliphatic carbocycles. The van der Waals surface area contributed by atoms with Crippen molar-refractivity contribution in [3.63, 3.8) is 0 Å². The number of thiocarbonyl (C=S) groups is 1. The summed E-state index contributed by atoms with van der Waals surface area (Å²) in [5.41, 5.74) is 3.97. The van der Waals surface area contributed by atoms with Crippen LogP contribution in [0.1, 0.15) is 16.7 Å². The molecule has 4 rings (SSSR count). The van der Waals surface area contributed by atoms with Gasteiger partial charge in [0.25, 0.3) is 5.91 Å². The van der Waals surface area contributed by atoms with Crippen LogP contribution in [0.15, 0.2) is 71.6 Å². The lowest BCUT2D eigenvalue weighted by molar-refractivity contribution is -0.113. The molecule has 3 aromatic rings. The summed E-state index contributed by atoms with van der Waals surface area (Å²) in [5, 5.41) is 0.466. The molecule has 3 aromatic carbocycles. The van der Waals surface area contributed by atoms with Crippen LogP contribution in [0.4, 0.5) is 5.69 Å². The number of benzene rings is 3. The highest BCUT2D eigenvalue weighted by molar-refractivity contribution is 8.27. The lowest BCUT2D eigenvalue weighted by atomic mass is 10.1. The average Bonchev–Trinajstić information content (AvgIpc) is 3.08. The van der Waals surface area contributed by atoms with Crippen molar-refractivity contribution in [2.24, 2.45) is 0 Å². The molecule has 0 aromatic heterocycles. The first-order chi connectivity index (χ1) is 15.9. The number of halogens is 1. The molecule has 4 nitrogen and oxygen atoms in total. The number of hydrogen-bond acceptors (Lipinski definition) is 5. The van der Waals surface area contributed by atoms with E-state index in [4.69, 9.17) is 33.3 Å². The van der Waals surface area contributed by atoms with E-state index in [-0.39, 0.29) is 5.91 Å². The van der Waals surface area contributed by atoms with Crippen LogP contribution in [0.5, 0.6) is 11.5 Å². The van der Waals surface area contributed by atoms with Gasteiger partial charge in [0.2, 0.25) is 0 Å². The first kappa shape index (κ1) is 23.4. The number of nitrogens with zero attached hydrogens (tertiary/aromatic N) is 1. The monoisotopic (exact) mass is 495 g/mol. The highest BCUT2D eigenvalue weighted by atomic mass is 35.5.